The number of benzene rings is 1. The first kappa shape index (κ1) is 23.5. The van der Waals surface area contributed by atoms with Gasteiger partial charge in [0, 0.05) is 31.9 Å². The van der Waals surface area contributed by atoms with E-state index in [0.29, 0.717) is 12.5 Å². The molecule has 2 amide bonds. The fourth-order valence-electron chi connectivity index (χ4n) is 2.02. The summed E-state index contributed by atoms with van der Waals surface area (Å²) in [6.07, 6.45) is 1.11. The monoisotopic (exact) mass is 461 g/mol. The van der Waals surface area contributed by atoms with E-state index in [1.54, 1.807) is 7.05 Å². The van der Waals surface area contributed by atoms with Crippen molar-refractivity contribution >= 4 is 41.7 Å². The highest BCUT2D eigenvalue weighted by molar-refractivity contribution is 14.0. The molecule has 0 heterocycles. The van der Waals surface area contributed by atoms with Crippen LogP contribution in [0.15, 0.2) is 29.3 Å². The number of amides is 2. The fraction of sp³-hybridized carbons (Fsp3) is 0.556. The molecule has 0 aromatic heterocycles. The van der Waals surface area contributed by atoms with E-state index >= 15 is 0 Å². The standard InChI is InChI=1S/C18H31N5O.HI/c1-13(2)10-11-20-17(19-5)21-12-15-6-8-16(9-7-15)23-18(24)22-14(3)4;/h6-9,13-14H,10-12H2,1-5H3,(H2,19,20,21)(H2,22,23,24);1H. The van der Waals surface area contributed by atoms with Gasteiger partial charge in [0.15, 0.2) is 5.96 Å². The molecule has 6 nitrogen and oxygen atoms in total. The van der Waals surface area contributed by atoms with Gasteiger partial charge in [0.05, 0.1) is 0 Å². The summed E-state index contributed by atoms with van der Waals surface area (Å²) in [7, 11) is 1.77. The van der Waals surface area contributed by atoms with Crippen molar-refractivity contribution < 1.29 is 4.79 Å². The maximum atomic E-state index is 11.7. The Morgan fingerprint density at radius 2 is 1.72 bits per heavy atom. The summed E-state index contributed by atoms with van der Waals surface area (Å²) in [6, 6.07) is 7.69. The molecule has 25 heavy (non-hydrogen) atoms. The molecule has 7 heteroatoms. The molecular formula is C18H32IN5O. The Kier molecular flexibility index (Phi) is 12.0. The number of hydrogen-bond acceptors (Lipinski definition) is 2. The lowest BCUT2D eigenvalue weighted by Gasteiger charge is -2.13. The van der Waals surface area contributed by atoms with Gasteiger partial charge in [0.2, 0.25) is 0 Å². The van der Waals surface area contributed by atoms with Crippen LogP contribution in [0, 0.1) is 5.92 Å². The third kappa shape index (κ3) is 10.9. The summed E-state index contributed by atoms with van der Waals surface area (Å²) in [4.78, 5) is 15.9. The quantitative estimate of drug-likeness (QED) is 0.285. The highest BCUT2D eigenvalue weighted by atomic mass is 127. The molecule has 0 aliphatic heterocycles. The number of aliphatic imine (C=N–C) groups is 1. The fourth-order valence-corrected chi connectivity index (χ4v) is 2.02. The second-order valence-electron chi connectivity index (χ2n) is 6.49. The summed E-state index contributed by atoms with van der Waals surface area (Å²) in [5.41, 5.74) is 1.90. The van der Waals surface area contributed by atoms with Crippen LogP contribution in [0.4, 0.5) is 10.5 Å². The number of guanidine groups is 1. The molecule has 1 rings (SSSR count). The van der Waals surface area contributed by atoms with Crippen LogP contribution in [-0.4, -0.2) is 31.6 Å². The summed E-state index contributed by atoms with van der Waals surface area (Å²) >= 11 is 0. The average Bonchev–Trinajstić information content (AvgIpc) is 2.51. The van der Waals surface area contributed by atoms with E-state index in [1.807, 2.05) is 38.1 Å². The SMILES string of the molecule is CN=C(NCCC(C)C)NCc1ccc(NC(=O)NC(C)C)cc1.I. The zero-order chi connectivity index (χ0) is 17.9. The predicted molar refractivity (Wildman–Crippen MR) is 117 cm³/mol. The van der Waals surface area contributed by atoms with Crippen molar-refractivity contribution in [2.24, 2.45) is 10.9 Å². The van der Waals surface area contributed by atoms with E-state index in [1.165, 1.54) is 0 Å². The smallest absolute Gasteiger partial charge is 0.319 e. The zero-order valence-corrected chi connectivity index (χ0v) is 18.2. The molecule has 0 saturated heterocycles. The Morgan fingerprint density at radius 3 is 2.24 bits per heavy atom. The van der Waals surface area contributed by atoms with Crippen molar-refractivity contribution in [2.45, 2.75) is 46.7 Å². The van der Waals surface area contributed by atoms with Crippen LogP contribution in [0.3, 0.4) is 0 Å². The highest BCUT2D eigenvalue weighted by Gasteiger charge is 2.04. The minimum Gasteiger partial charge on any atom is -0.356 e. The maximum absolute atomic E-state index is 11.7. The Bertz CT molecular complexity index is 529. The Hall–Kier alpha value is -1.51. The molecule has 0 radical (unpaired) electrons. The first-order valence-corrected chi connectivity index (χ1v) is 8.51. The van der Waals surface area contributed by atoms with Crippen molar-refractivity contribution in [1.29, 1.82) is 0 Å². The second kappa shape index (κ2) is 12.8. The lowest BCUT2D eigenvalue weighted by molar-refractivity contribution is 0.250. The van der Waals surface area contributed by atoms with Crippen molar-refractivity contribution in [3.8, 4) is 0 Å². The molecule has 0 fully saturated rings. The van der Waals surface area contributed by atoms with Gasteiger partial charge < -0.3 is 21.3 Å². The Balaban J connectivity index is 0.00000576. The van der Waals surface area contributed by atoms with Crippen LogP contribution in [0.1, 0.15) is 39.7 Å². The number of carbonyl (C=O) groups excluding carboxylic acids is 1. The first-order valence-electron chi connectivity index (χ1n) is 8.51. The number of nitrogens with zero attached hydrogens (tertiary/aromatic N) is 1. The third-order valence-corrected chi connectivity index (χ3v) is 3.33. The molecule has 1 aromatic rings. The van der Waals surface area contributed by atoms with Crippen LogP contribution >= 0.6 is 24.0 Å². The van der Waals surface area contributed by atoms with Crippen LogP contribution in [-0.2, 0) is 6.54 Å². The molecule has 0 spiro atoms. The first-order chi connectivity index (χ1) is 11.4. The van der Waals surface area contributed by atoms with E-state index in [-0.39, 0.29) is 36.0 Å². The van der Waals surface area contributed by atoms with Crippen LogP contribution in [0.5, 0.6) is 0 Å². The van der Waals surface area contributed by atoms with E-state index in [0.717, 1.165) is 30.2 Å². The molecule has 1 aromatic carbocycles. The number of rotatable bonds is 7. The number of anilines is 1. The van der Waals surface area contributed by atoms with Gasteiger partial charge in [-0.05, 0) is 43.9 Å². The van der Waals surface area contributed by atoms with Crippen LogP contribution in [0.25, 0.3) is 0 Å². The van der Waals surface area contributed by atoms with Gasteiger partial charge in [-0.15, -0.1) is 24.0 Å². The topological polar surface area (TPSA) is 77.6 Å². The van der Waals surface area contributed by atoms with Gasteiger partial charge in [0.1, 0.15) is 0 Å². The molecule has 0 aliphatic rings. The number of hydrogen-bond donors (Lipinski definition) is 4. The van der Waals surface area contributed by atoms with Gasteiger partial charge in [-0.25, -0.2) is 4.79 Å². The normalized spacial score (nSPS) is 11.1. The van der Waals surface area contributed by atoms with Crippen LogP contribution in [0.2, 0.25) is 0 Å². The lowest BCUT2D eigenvalue weighted by atomic mass is 10.1. The zero-order valence-electron chi connectivity index (χ0n) is 15.8. The van der Waals surface area contributed by atoms with E-state index < -0.39 is 0 Å². The van der Waals surface area contributed by atoms with E-state index in [4.69, 9.17) is 0 Å². The number of nitrogens with one attached hydrogen (secondary N) is 4. The average molecular weight is 461 g/mol. The van der Waals surface area contributed by atoms with Crippen LogP contribution < -0.4 is 21.3 Å². The number of urea groups is 1. The highest BCUT2D eigenvalue weighted by Crippen LogP contribution is 2.09. The van der Waals surface area contributed by atoms with Crippen molar-refractivity contribution in [2.75, 3.05) is 18.9 Å². The molecule has 0 aliphatic carbocycles. The van der Waals surface area contributed by atoms with E-state index in [2.05, 4.69) is 40.1 Å². The lowest BCUT2D eigenvalue weighted by Crippen LogP contribution is -2.37. The molecule has 0 unspecified atom stereocenters. The van der Waals surface area contributed by atoms with Gasteiger partial charge in [-0.2, -0.15) is 0 Å². The molecule has 142 valence electrons. The number of halogens is 1. The van der Waals surface area contributed by atoms with Crippen molar-refractivity contribution in [3.63, 3.8) is 0 Å². The molecular weight excluding hydrogens is 429 g/mol. The van der Waals surface area contributed by atoms with Crippen molar-refractivity contribution in [3.05, 3.63) is 29.8 Å². The van der Waals surface area contributed by atoms with Gasteiger partial charge in [-0.1, -0.05) is 26.0 Å². The van der Waals surface area contributed by atoms with Gasteiger partial charge in [0.25, 0.3) is 0 Å². The maximum Gasteiger partial charge on any atom is 0.319 e. The van der Waals surface area contributed by atoms with Gasteiger partial charge >= 0.3 is 6.03 Å². The predicted octanol–water partition coefficient (Wildman–Crippen LogP) is 3.55. The summed E-state index contributed by atoms with van der Waals surface area (Å²) in [5, 5.41) is 12.2. The Morgan fingerprint density at radius 1 is 1.08 bits per heavy atom. The minimum atomic E-state index is -0.189. The minimum absolute atomic E-state index is 0. The summed E-state index contributed by atoms with van der Waals surface area (Å²) < 4.78 is 0. The van der Waals surface area contributed by atoms with Gasteiger partial charge in [-0.3, -0.25) is 4.99 Å². The molecule has 0 saturated carbocycles. The molecule has 4 N–H and O–H groups in total. The second-order valence-corrected chi connectivity index (χ2v) is 6.49. The molecule has 0 atom stereocenters. The molecule has 0 bridgehead atoms. The Labute approximate surface area is 168 Å². The third-order valence-electron chi connectivity index (χ3n) is 3.33. The summed E-state index contributed by atoms with van der Waals surface area (Å²) in [5.74, 6) is 1.47. The van der Waals surface area contributed by atoms with E-state index in [9.17, 15) is 4.79 Å². The van der Waals surface area contributed by atoms with Crippen molar-refractivity contribution in [1.82, 2.24) is 16.0 Å². The largest absolute Gasteiger partial charge is 0.356 e. The summed E-state index contributed by atoms with van der Waals surface area (Å²) in [6.45, 7) is 9.85. The number of carbonyl (C=O) groups is 1.